The van der Waals surface area contributed by atoms with E-state index in [0.717, 1.165) is 30.5 Å². The van der Waals surface area contributed by atoms with Gasteiger partial charge in [0, 0.05) is 47.3 Å². The standard InChI is InChI=1S/C28H31ClF2N2O4S/c1-37-20-4-6-24-21(14-20)28(22(29)15-32-24)25(34)7-2-17-8-9-33(16-18(17)12-27(35)36)10-11-38-26-13-19(30)3-5-23(26)31/h3-6,13-15,17-18,25,34H,2,7-12,16H2,1H3,(H,35,36)/t17-,18-,25+/m1/s1. The van der Waals surface area contributed by atoms with Gasteiger partial charge in [0.2, 0.25) is 0 Å². The Balaban J connectivity index is 1.38. The SMILES string of the molecule is COc1ccc2ncc(Cl)c([C@@H](O)CC[C@@H]3CCN(CCSc4cc(F)ccc4F)C[C@H]3CC(=O)O)c2c1. The second kappa shape index (κ2) is 13.1. The molecule has 4 rings (SSSR count). The molecule has 0 radical (unpaired) electrons. The molecule has 0 spiro atoms. The number of likely N-dealkylation sites (tertiary alicyclic amines) is 1. The molecule has 0 saturated carbocycles. The maximum atomic E-state index is 13.9. The van der Waals surface area contributed by atoms with Crippen molar-refractivity contribution in [2.45, 2.75) is 36.7 Å². The molecular formula is C28H31ClF2N2O4S. The molecule has 2 N–H and O–H groups in total. The van der Waals surface area contributed by atoms with Crippen LogP contribution in [0.25, 0.3) is 10.9 Å². The van der Waals surface area contributed by atoms with E-state index in [1.807, 2.05) is 12.1 Å². The molecule has 3 atom stereocenters. The Labute approximate surface area is 230 Å². The lowest BCUT2D eigenvalue weighted by molar-refractivity contribution is -0.139. The van der Waals surface area contributed by atoms with Crippen molar-refractivity contribution in [3.05, 3.63) is 64.8 Å². The normalized spacial score (nSPS) is 19.0. The molecule has 1 aliphatic rings. The van der Waals surface area contributed by atoms with Crippen molar-refractivity contribution in [3.8, 4) is 5.75 Å². The number of nitrogens with zero attached hydrogens (tertiary/aromatic N) is 2. The maximum Gasteiger partial charge on any atom is 0.303 e. The Hall–Kier alpha value is -2.46. The van der Waals surface area contributed by atoms with Gasteiger partial charge < -0.3 is 19.8 Å². The molecule has 0 aliphatic carbocycles. The summed E-state index contributed by atoms with van der Waals surface area (Å²) in [6, 6.07) is 8.85. The second-order valence-electron chi connectivity index (χ2n) is 9.63. The van der Waals surface area contributed by atoms with Crippen LogP contribution in [0.2, 0.25) is 5.02 Å². The van der Waals surface area contributed by atoms with Gasteiger partial charge in [-0.15, -0.1) is 11.8 Å². The fraction of sp³-hybridized carbons (Fsp3) is 0.429. The predicted octanol–water partition coefficient (Wildman–Crippen LogP) is 6.19. The van der Waals surface area contributed by atoms with E-state index in [4.69, 9.17) is 16.3 Å². The number of benzene rings is 2. The van der Waals surface area contributed by atoms with Crippen molar-refractivity contribution in [1.29, 1.82) is 0 Å². The highest BCUT2D eigenvalue weighted by Crippen LogP contribution is 2.37. The average Bonchev–Trinajstić information content (AvgIpc) is 2.89. The fourth-order valence-electron chi connectivity index (χ4n) is 5.22. The minimum atomic E-state index is -0.853. The Bertz CT molecular complexity index is 1280. The van der Waals surface area contributed by atoms with E-state index in [0.29, 0.717) is 53.5 Å². The lowest BCUT2D eigenvalue weighted by Crippen LogP contribution is -2.42. The number of aromatic nitrogens is 1. The second-order valence-corrected chi connectivity index (χ2v) is 11.2. The highest BCUT2D eigenvalue weighted by Gasteiger charge is 2.31. The van der Waals surface area contributed by atoms with Crippen molar-refractivity contribution in [2.75, 3.05) is 32.5 Å². The molecule has 1 saturated heterocycles. The molecule has 204 valence electrons. The first-order chi connectivity index (χ1) is 18.2. The number of aliphatic hydroxyl groups is 1. The minimum Gasteiger partial charge on any atom is -0.497 e. The van der Waals surface area contributed by atoms with Crippen molar-refractivity contribution in [3.63, 3.8) is 0 Å². The number of carboxylic acid groups (broad SMARTS) is 1. The molecule has 1 aliphatic heterocycles. The van der Waals surface area contributed by atoms with Crippen LogP contribution in [0, 0.1) is 23.5 Å². The number of carboxylic acids is 1. The van der Waals surface area contributed by atoms with Crippen LogP contribution in [0.15, 0.2) is 47.5 Å². The van der Waals surface area contributed by atoms with E-state index in [1.165, 1.54) is 24.0 Å². The number of hydrogen-bond donors (Lipinski definition) is 2. The molecule has 1 aromatic heterocycles. The van der Waals surface area contributed by atoms with Crippen LogP contribution in [0.5, 0.6) is 5.75 Å². The summed E-state index contributed by atoms with van der Waals surface area (Å²) in [7, 11) is 1.57. The van der Waals surface area contributed by atoms with Crippen molar-refractivity contribution in [1.82, 2.24) is 9.88 Å². The van der Waals surface area contributed by atoms with Crippen LogP contribution < -0.4 is 4.74 Å². The Morgan fingerprint density at radius 3 is 2.84 bits per heavy atom. The van der Waals surface area contributed by atoms with Crippen LogP contribution >= 0.6 is 23.4 Å². The van der Waals surface area contributed by atoms with E-state index in [9.17, 15) is 23.8 Å². The van der Waals surface area contributed by atoms with Gasteiger partial charge in [-0.05, 0) is 74.0 Å². The molecule has 2 heterocycles. The van der Waals surface area contributed by atoms with E-state index in [2.05, 4.69) is 9.88 Å². The first-order valence-corrected chi connectivity index (χ1v) is 13.9. The highest BCUT2D eigenvalue weighted by atomic mass is 35.5. The van der Waals surface area contributed by atoms with Gasteiger partial charge in [-0.3, -0.25) is 9.78 Å². The van der Waals surface area contributed by atoms with E-state index < -0.39 is 23.7 Å². The van der Waals surface area contributed by atoms with Gasteiger partial charge in [0.25, 0.3) is 0 Å². The molecule has 6 nitrogen and oxygen atoms in total. The number of aliphatic hydroxyl groups excluding tert-OH is 1. The van der Waals surface area contributed by atoms with Crippen LogP contribution in [0.1, 0.15) is 37.4 Å². The van der Waals surface area contributed by atoms with Gasteiger partial charge in [0.1, 0.15) is 17.4 Å². The van der Waals surface area contributed by atoms with Crippen LogP contribution in [0.3, 0.4) is 0 Å². The number of hydrogen-bond acceptors (Lipinski definition) is 6. The number of pyridine rings is 1. The van der Waals surface area contributed by atoms with Gasteiger partial charge >= 0.3 is 5.97 Å². The highest BCUT2D eigenvalue weighted by molar-refractivity contribution is 7.99. The first kappa shape index (κ1) is 28.5. The number of aliphatic carboxylic acids is 1. The summed E-state index contributed by atoms with van der Waals surface area (Å²) < 4.78 is 32.7. The number of halogens is 3. The third-order valence-electron chi connectivity index (χ3n) is 7.18. The minimum absolute atomic E-state index is 0.0407. The summed E-state index contributed by atoms with van der Waals surface area (Å²) in [4.78, 5) is 18.4. The van der Waals surface area contributed by atoms with Gasteiger partial charge in [0.15, 0.2) is 0 Å². The smallest absolute Gasteiger partial charge is 0.303 e. The number of piperidine rings is 1. The van der Waals surface area contributed by atoms with Gasteiger partial charge in [-0.25, -0.2) is 8.78 Å². The largest absolute Gasteiger partial charge is 0.497 e. The molecule has 0 amide bonds. The van der Waals surface area contributed by atoms with Gasteiger partial charge in [-0.2, -0.15) is 0 Å². The molecule has 38 heavy (non-hydrogen) atoms. The first-order valence-electron chi connectivity index (χ1n) is 12.6. The van der Waals surface area contributed by atoms with E-state index in [1.54, 1.807) is 13.2 Å². The van der Waals surface area contributed by atoms with E-state index in [-0.39, 0.29) is 23.2 Å². The summed E-state index contributed by atoms with van der Waals surface area (Å²) in [6.07, 6.45) is 2.63. The van der Waals surface area contributed by atoms with Crippen LogP contribution in [-0.2, 0) is 4.79 Å². The number of ether oxygens (including phenoxy) is 1. The Morgan fingerprint density at radius 2 is 2.08 bits per heavy atom. The Morgan fingerprint density at radius 1 is 1.26 bits per heavy atom. The molecule has 10 heteroatoms. The van der Waals surface area contributed by atoms with E-state index >= 15 is 0 Å². The molecule has 2 aromatic carbocycles. The number of thioether (sulfide) groups is 1. The third-order valence-corrected chi connectivity index (χ3v) is 8.49. The van der Waals surface area contributed by atoms with Crippen LogP contribution in [-0.4, -0.2) is 58.6 Å². The van der Waals surface area contributed by atoms with Gasteiger partial charge in [-0.1, -0.05) is 11.6 Å². The summed E-state index contributed by atoms with van der Waals surface area (Å²) >= 11 is 7.70. The summed E-state index contributed by atoms with van der Waals surface area (Å²) in [5.74, 6) is -0.505. The zero-order valence-electron chi connectivity index (χ0n) is 21.1. The average molecular weight is 565 g/mol. The van der Waals surface area contributed by atoms with Crippen molar-refractivity contribution >= 4 is 40.2 Å². The number of methoxy groups -OCH3 is 1. The lowest BCUT2D eigenvalue weighted by atomic mass is 9.79. The van der Waals surface area contributed by atoms with Crippen molar-refractivity contribution in [2.24, 2.45) is 11.8 Å². The van der Waals surface area contributed by atoms with Crippen molar-refractivity contribution < 1.29 is 28.5 Å². The maximum absolute atomic E-state index is 13.9. The molecular weight excluding hydrogens is 534 g/mol. The molecule has 1 fully saturated rings. The number of carbonyl (C=O) groups is 1. The predicted molar refractivity (Wildman–Crippen MR) is 145 cm³/mol. The summed E-state index contributed by atoms with van der Waals surface area (Å²) in [6.45, 7) is 2.03. The van der Waals surface area contributed by atoms with Crippen LogP contribution in [0.4, 0.5) is 8.78 Å². The van der Waals surface area contributed by atoms with Gasteiger partial charge in [0.05, 0.1) is 23.8 Å². The number of fused-ring (bicyclic) bond motifs is 1. The quantitative estimate of drug-likeness (QED) is 0.269. The third kappa shape index (κ3) is 7.14. The molecule has 3 aromatic rings. The summed E-state index contributed by atoms with van der Waals surface area (Å²) in [5.41, 5.74) is 1.31. The molecule has 0 bridgehead atoms. The Kier molecular flexibility index (Phi) is 9.81. The zero-order chi connectivity index (χ0) is 27.2. The monoisotopic (exact) mass is 564 g/mol. The molecule has 0 unspecified atom stereocenters. The lowest BCUT2D eigenvalue weighted by Gasteiger charge is -2.38. The zero-order valence-corrected chi connectivity index (χ0v) is 22.7. The summed E-state index contributed by atoms with van der Waals surface area (Å²) in [5, 5.41) is 21.8. The number of rotatable bonds is 11. The topological polar surface area (TPSA) is 82.9 Å². The fourth-order valence-corrected chi connectivity index (χ4v) is 6.46.